The second-order valence-electron chi connectivity index (χ2n) is 3.54. The molecule has 0 N–H and O–H groups in total. The van der Waals surface area contributed by atoms with Crippen molar-refractivity contribution in [1.29, 1.82) is 0 Å². The van der Waals surface area contributed by atoms with E-state index in [1.807, 2.05) is 35.4 Å². The Balaban J connectivity index is 2.34. The summed E-state index contributed by atoms with van der Waals surface area (Å²) in [6.45, 7) is 4.22. The third kappa shape index (κ3) is 1.66. The molecule has 0 fully saturated rings. The van der Waals surface area contributed by atoms with Crippen LogP contribution in [0.5, 0.6) is 0 Å². The molecule has 0 aliphatic carbocycles. The Labute approximate surface area is 83.4 Å². The van der Waals surface area contributed by atoms with Crippen molar-refractivity contribution in [2.24, 2.45) is 0 Å². The lowest BCUT2D eigenvalue weighted by molar-refractivity contribution is 0.532. The molecule has 2 heterocycles. The third-order valence-electron chi connectivity index (χ3n) is 2.13. The van der Waals surface area contributed by atoms with Gasteiger partial charge in [-0.3, -0.25) is 9.67 Å². The average molecular weight is 187 g/mol. The number of hydrogen-bond acceptors (Lipinski definition) is 2. The lowest BCUT2D eigenvalue weighted by Gasteiger charge is -2.02. The van der Waals surface area contributed by atoms with Gasteiger partial charge in [-0.15, -0.1) is 0 Å². The summed E-state index contributed by atoms with van der Waals surface area (Å²) in [7, 11) is 0. The SMILES string of the molecule is CC(C)n1cc(-c2cccnc2)cn1. The zero-order valence-corrected chi connectivity index (χ0v) is 8.38. The second kappa shape index (κ2) is 3.62. The number of pyridine rings is 1. The first-order valence-corrected chi connectivity index (χ1v) is 4.72. The maximum absolute atomic E-state index is 4.28. The molecular weight excluding hydrogens is 174 g/mol. The van der Waals surface area contributed by atoms with Crippen LogP contribution in [-0.2, 0) is 0 Å². The van der Waals surface area contributed by atoms with Crippen molar-refractivity contribution in [3.8, 4) is 11.1 Å². The second-order valence-corrected chi connectivity index (χ2v) is 3.54. The molecule has 3 heteroatoms. The highest BCUT2D eigenvalue weighted by atomic mass is 15.3. The van der Waals surface area contributed by atoms with Crippen LogP contribution in [0.1, 0.15) is 19.9 Å². The van der Waals surface area contributed by atoms with Crippen LogP contribution in [-0.4, -0.2) is 14.8 Å². The van der Waals surface area contributed by atoms with Crippen molar-refractivity contribution in [2.75, 3.05) is 0 Å². The number of rotatable bonds is 2. The number of nitrogens with zero attached hydrogens (tertiary/aromatic N) is 3. The Morgan fingerprint density at radius 1 is 1.21 bits per heavy atom. The first-order valence-electron chi connectivity index (χ1n) is 4.72. The fourth-order valence-electron chi connectivity index (χ4n) is 1.30. The van der Waals surface area contributed by atoms with Gasteiger partial charge in [0.1, 0.15) is 0 Å². The van der Waals surface area contributed by atoms with Gasteiger partial charge < -0.3 is 0 Å². The van der Waals surface area contributed by atoms with Gasteiger partial charge in [-0.05, 0) is 19.9 Å². The fourth-order valence-corrected chi connectivity index (χ4v) is 1.30. The average Bonchev–Trinajstić information content (AvgIpc) is 2.68. The van der Waals surface area contributed by atoms with Crippen molar-refractivity contribution in [2.45, 2.75) is 19.9 Å². The zero-order valence-electron chi connectivity index (χ0n) is 8.38. The predicted molar refractivity (Wildman–Crippen MR) is 55.8 cm³/mol. The first kappa shape index (κ1) is 8.94. The molecule has 0 aliphatic heterocycles. The van der Waals surface area contributed by atoms with Crippen LogP contribution in [0.4, 0.5) is 0 Å². The smallest absolute Gasteiger partial charge is 0.0568 e. The topological polar surface area (TPSA) is 30.7 Å². The molecule has 14 heavy (non-hydrogen) atoms. The molecule has 0 aliphatic rings. The molecule has 0 aromatic carbocycles. The summed E-state index contributed by atoms with van der Waals surface area (Å²) in [6, 6.07) is 4.37. The molecular formula is C11H13N3. The Bertz CT molecular complexity index is 403. The standard InChI is InChI=1S/C11H13N3/c1-9(2)14-8-11(7-13-14)10-4-3-5-12-6-10/h3-9H,1-2H3. The van der Waals surface area contributed by atoms with Crippen LogP contribution in [0.3, 0.4) is 0 Å². The Hall–Kier alpha value is -1.64. The minimum absolute atomic E-state index is 0.403. The van der Waals surface area contributed by atoms with Gasteiger partial charge in [0, 0.05) is 35.8 Å². The monoisotopic (exact) mass is 187 g/mol. The van der Waals surface area contributed by atoms with Crippen LogP contribution in [0.25, 0.3) is 11.1 Å². The van der Waals surface area contributed by atoms with E-state index in [9.17, 15) is 0 Å². The van der Waals surface area contributed by atoms with Crippen molar-refractivity contribution in [1.82, 2.24) is 14.8 Å². The maximum Gasteiger partial charge on any atom is 0.0568 e. The lowest BCUT2D eigenvalue weighted by atomic mass is 10.2. The van der Waals surface area contributed by atoms with Crippen molar-refractivity contribution in [3.05, 3.63) is 36.9 Å². The van der Waals surface area contributed by atoms with Gasteiger partial charge in [0.2, 0.25) is 0 Å². The molecule has 0 spiro atoms. The van der Waals surface area contributed by atoms with Gasteiger partial charge in [-0.2, -0.15) is 5.10 Å². The first-order chi connectivity index (χ1) is 6.77. The van der Waals surface area contributed by atoms with E-state index in [1.165, 1.54) is 0 Å². The molecule has 0 unspecified atom stereocenters. The van der Waals surface area contributed by atoms with Crippen LogP contribution in [0.15, 0.2) is 36.9 Å². The van der Waals surface area contributed by atoms with Crippen LogP contribution >= 0.6 is 0 Å². The molecule has 0 radical (unpaired) electrons. The van der Waals surface area contributed by atoms with Gasteiger partial charge in [0.05, 0.1) is 6.20 Å². The third-order valence-corrected chi connectivity index (χ3v) is 2.13. The van der Waals surface area contributed by atoms with Crippen LogP contribution < -0.4 is 0 Å². The van der Waals surface area contributed by atoms with E-state index in [-0.39, 0.29) is 0 Å². The Kier molecular flexibility index (Phi) is 2.31. The van der Waals surface area contributed by atoms with E-state index in [0.717, 1.165) is 11.1 Å². The van der Waals surface area contributed by atoms with E-state index in [0.29, 0.717) is 6.04 Å². The normalized spacial score (nSPS) is 10.8. The van der Waals surface area contributed by atoms with Gasteiger partial charge >= 0.3 is 0 Å². The number of aromatic nitrogens is 3. The molecule has 3 nitrogen and oxygen atoms in total. The molecule has 2 aromatic heterocycles. The highest BCUT2D eigenvalue weighted by Crippen LogP contribution is 2.17. The summed E-state index contributed by atoms with van der Waals surface area (Å²) >= 11 is 0. The molecule has 0 amide bonds. The fraction of sp³-hybridized carbons (Fsp3) is 0.273. The summed E-state index contributed by atoms with van der Waals surface area (Å²) in [5, 5.41) is 4.28. The van der Waals surface area contributed by atoms with E-state index < -0.39 is 0 Å². The Morgan fingerprint density at radius 2 is 2.07 bits per heavy atom. The maximum atomic E-state index is 4.28. The van der Waals surface area contributed by atoms with Crippen molar-refractivity contribution >= 4 is 0 Å². The minimum Gasteiger partial charge on any atom is -0.270 e. The summed E-state index contributed by atoms with van der Waals surface area (Å²) < 4.78 is 1.95. The van der Waals surface area contributed by atoms with Crippen molar-refractivity contribution in [3.63, 3.8) is 0 Å². The summed E-state index contributed by atoms with van der Waals surface area (Å²) in [6.07, 6.45) is 7.54. The highest BCUT2D eigenvalue weighted by molar-refractivity contribution is 5.60. The molecule has 0 saturated heterocycles. The van der Waals surface area contributed by atoms with E-state index >= 15 is 0 Å². The van der Waals surface area contributed by atoms with Gasteiger partial charge in [0.15, 0.2) is 0 Å². The summed E-state index contributed by atoms with van der Waals surface area (Å²) in [4.78, 5) is 4.08. The van der Waals surface area contributed by atoms with Crippen LogP contribution in [0, 0.1) is 0 Å². The molecule has 0 bridgehead atoms. The molecule has 2 rings (SSSR count). The predicted octanol–water partition coefficient (Wildman–Crippen LogP) is 2.53. The molecule has 0 saturated carbocycles. The molecule has 72 valence electrons. The van der Waals surface area contributed by atoms with Gasteiger partial charge in [-0.25, -0.2) is 0 Å². The largest absolute Gasteiger partial charge is 0.270 e. The summed E-state index contributed by atoms with van der Waals surface area (Å²) in [5.41, 5.74) is 2.23. The van der Waals surface area contributed by atoms with E-state index in [2.05, 4.69) is 23.9 Å². The van der Waals surface area contributed by atoms with Gasteiger partial charge in [-0.1, -0.05) is 6.07 Å². The Morgan fingerprint density at radius 3 is 2.64 bits per heavy atom. The quantitative estimate of drug-likeness (QED) is 0.723. The lowest BCUT2D eigenvalue weighted by Crippen LogP contribution is -1.99. The minimum atomic E-state index is 0.403. The molecule has 0 atom stereocenters. The van der Waals surface area contributed by atoms with E-state index in [4.69, 9.17) is 0 Å². The molecule has 2 aromatic rings. The van der Waals surface area contributed by atoms with E-state index in [1.54, 1.807) is 6.20 Å². The van der Waals surface area contributed by atoms with Crippen molar-refractivity contribution < 1.29 is 0 Å². The van der Waals surface area contributed by atoms with Crippen LogP contribution in [0.2, 0.25) is 0 Å². The number of hydrogen-bond donors (Lipinski definition) is 0. The highest BCUT2D eigenvalue weighted by Gasteiger charge is 2.02. The van der Waals surface area contributed by atoms with Gasteiger partial charge in [0.25, 0.3) is 0 Å². The summed E-state index contributed by atoms with van der Waals surface area (Å²) in [5.74, 6) is 0. The zero-order chi connectivity index (χ0) is 9.97.